The van der Waals surface area contributed by atoms with Crippen molar-refractivity contribution in [3.05, 3.63) is 70.0 Å². The van der Waals surface area contributed by atoms with Crippen molar-refractivity contribution in [2.45, 2.75) is 4.90 Å². The molecule has 0 aliphatic carbocycles. The Morgan fingerprint density at radius 1 is 1.04 bits per heavy atom. The number of hydrogen-bond donors (Lipinski definition) is 1. The molecule has 0 atom stereocenters. The van der Waals surface area contributed by atoms with Gasteiger partial charge in [-0.05, 0) is 29.8 Å². The van der Waals surface area contributed by atoms with Crippen LogP contribution in [0.5, 0.6) is 0 Å². The maximum absolute atomic E-state index is 11.7. The summed E-state index contributed by atoms with van der Waals surface area (Å²) < 4.78 is 5.03. The Kier molecular flexibility index (Phi) is 4.81. The predicted octanol–water partition coefficient (Wildman–Crippen LogP) is 4.41. The van der Waals surface area contributed by atoms with Crippen molar-refractivity contribution in [1.82, 2.24) is 10.2 Å². The number of aromatic nitrogens is 2. The Morgan fingerprint density at radius 2 is 1.70 bits per heavy atom. The molecule has 0 fully saturated rings. The quantitative estimate of drug-likeness (QED) is 0.712. The smallest absolute Gasteiger partial charge is 0.264 e. The first kappa shape index (κ1) is 15.8. The zero-order valence-electron chi connectivity index (χ0n) is 12.2. The highest BCUT2D eigenvalue weighted by Crippen LogP contribution is 2.30. The lowest BCUT2D eigenvalue weighted by Gasteiger charge is -2.09. The van der Waals surface area contributed by atoms with Crippen molar-refractivity contribution >= 4 is 23.6 Å². The summed E-state index contributed by atoms with van der Waals surface area (Å²) in [7, 11) is 1.63. The van der Waals surface area contributed by atoms with E-state index >= 15 is 0 Å². The summed E-state index contributed by atoms with van der Waals surface area (Å²) in [5.41, 5.74) is 3.02. The van der Waals surface area contributed by atoms with Crippen LogP contribution in [0.25, 0.3) is 22.4 Å². The molecular formula is C17H13ClN2O2S. The third-order valence-corrected chi connectivity index (χ3v) is 4.15. The molecular weight excluding hydrogens is 332 g/mol. The normalized spacial score (nSPS) is 10.7. The fraction of sp³-hybridized carbons (Fsp3) is 0.0588. The molecule has 0 aliphatic heterocycles. The average Bonchev–Trinajstić information content (AvgIpc) is 2.57. The molecule has 0 amide bonds. The minimum Gasteiger partial charge on any atom is -0.314 e. The van der Waals surface area contributed by atoms with Gasteiger partial charge in [-0.1, -0.05) is 35.9 Å². The van der Waals surface area contributed by atoms with Crippen molar-refractivity contribution in [3.63, 3.8) is 0 Å². The van der Waals surface area contributed by atoms with Crippen molar-refractivity contribution in [2.24, 2.45) is 0 Å². The molecule has 0 spiro atoms. The van der Waals surface area contributed by atoms with Crippen LogP contribution in [0.15, 0.2) is 64.3 Å². The highest BCUT2D eigenvalue weighted by atomic mass is 35.5. The van der Waals surface area contributed by atoms with Gasteiger partial charge in [-0.25, -0.2) is 5.10 Å². The molecule has 2 aromatic carbocycles. The molecule has 0 aliphatic rings. The van der Waals surface area contributed by atoms with Gasteiger partial charge in [0.2, 0.25) is 0 Å². The van der Waals surface area contributed by atoms with Crippen LogP contribution in [0.4, 0.5) is 0 Å². The van der Waals surface area contributed by atoms with Gasteiger partial charge in [0.25, 0.3) is 5.56 Å². The number of nitrogens with zero attached hydrogens (tertiary/aromatic N) is 1. The molecule has 6 heteroatoms. The van der Waals surface area contributed by atoms with Crippen LogP contribution in [-0.2, 0) is 4.18 Å². The number of aromatic amines is 1. The van der Waals surface area contributed by atoms with Gasteiger partial charge >= 0.3 is 0 Å². The molecule has 3 rings (SSSR count). The van der Waals surface area contributed by atoms with E-state index in [2.05, 4.69) is 10.2 Å². The Balaban J connectivity index is 2.08. The molecule has 0 unspecified atom stereocenters. The van der Waals surface area contributed by atoms with E-state index in [-0.39, 0.29) is 5.56 Å². The fourth-order valence-electron chi connectivity index (χ4n) is 2.24. The topological polar surface area (TPSA) is 55.0 Å². The van der Waals surface area contributed by atoms with Crippen LogP contribution in [0.2, 0.25) is 5.02 Å². The Bertz CT molecular complexity index is 861. The van der Waals surface area contributed by atoms with Gasteiger partial charge < -0.3 is 4.18 Å². The predicted molar refractivity (Wildman–Crippen MR) is 93.6 cm³/mol. The van der Waals surface area contributed by atoms with E-state index in [9.17, 15) is 4.79 Å². The van der Waals surface area contributed by atoms with E-state index in [1.165, 1.54) is 12.0 Å². The first-order valence-corrected chi connectivity index (χ1v) is 7.96. The number of nitrogens with one attached hydrogen (secondary N) is 1. The summed E-state index contributed by atoms with van der Waals surface area (Å²) in [5.74, 6) is 0. The third kappa shape index (κ3) is 3.64. The van der Waals surface area contributed by atoms with Gasteiger partial charge in [0.05, 0.1) is 12.8 Å². The van der Waals surface area contributed by atoms with Crippen LogP contribution in [0.1, 0.15) is 0 Å². The molecule has 0 saturated carbocycles. The third-order valence-electron chi connectivity index (χ3n) is 3.27. The maximum atomic E-state index is 11.7. The van der Waals surface area contributed by atoms with Gasteiger partial charge in [-0.2, -0.15) is 5.10 Å². The van der Waals surface area contributed by atoms with Crippen molar-refractivity contribution in [2.75, 3.05) is 7.11 Å². The lowest BCUT2D eigenvalue weighted by molar-refractivity contribution is 0.490. The monoisotopic (exact) mass is 344 g/mol. The van der Waals surface area contributed by atoms with E-state index in [1.807, 2.05) is 36.4 Å². The first-order valence-electron chi connectivity index (χ1n) is 6.84. The average molecular weight is 345 g/mol. The number of rotatable bonds is 4. The number of benzene rings is 2. The van der Waals surface area contributed by atoms with E-state index in [1.54, 1.807) is 25.3 Å². The summed E-state index contributed by atoms with van der Waals surface area (Å²) in [6, 6.07) is 16.7. The Labute approximate surface area is 142 Å². The molecule has 0 bridgehead atoms. The largest absolute Gasteiger partial charge is 0.314 e. The second-order valence-electron chi connectivity index (χ2n) is 4.78. The standard InChI is InChI=1S/C17H13ClN2O2S/c1-22-23-14-8-4-12(5-9-14)17-15(10-16(21)19-20-17)11-2-6-13(18)7-3-11/h2-10H,1H3,(H,19,21). The molecule has 3 aromatic rings. The van der Waals surface area contributed by atoms with Crippen LogP contribution < -0.4 is 5.56 Å². The zero-order chi connectivity index (χ0) is 16.2. The number of halogens is 1. The van der Waals surface area contributed by atoms with Gasteiger partial charge in [-0.3, -0.25) is 4.79 Å². The second-order valence-corrected chi connectivity index (χ2v) is 6.18. The molecule has 23 heavy (non-hydrogen) atoms. The van der Waals surface area contributed by atoms with Crippen molar-refractivity contribution in [3.8, 4) is 22.4 Å². The molecule has 1 aromatic heterocycles. The van der Waals surface area contributed by atoms with E-state index in [4.69, 9.17) is 15.8 Å². The first-order chi connectivity index (χ1) is 11.2. The van der Waals surface area contributed by atoms with Gasteiger partial charge in [0, 0.05) is 39.2 Å². The van der Waals surface area contributed by atoms with Crippen LogP contribution in [0.3, 0.4) is 0 Å². The minimum atomic E-state index is -0.245. The highest BCUT2D eigenvalue weighted by molar-refractivity contribution is 7.94. The molecule has 0 saturated heterocycles. The SMILES string of the molecule is COSc1ccc(-c2n[nH]c(=O)cc2-c2ccc(Cl)cc2)cc1. The van der Waals surface area contributed by atoms with Gasteiger partial charge in [-0.15, -0.1) is 0 Å². The van der Waals surface area contributed by atoms with Crippen LogP contribution in [0, 0.1) is 0 Å². The summed E-state index contributed by atoms with van der Waals surface area (Å²) in [4.78, 5) is 12.7. The summed E-state index contributed by atoms with van der Waals surface area (Å²) in [5, 5.41) is 7.36. The van der Waals surface area contributed by atoms with Gasteiger partial charge in [0.1, 0.15) is 0 Å². The van der Waals surface area contributed by atoms with Crippen molar-refractivity contribution < 1.29 is 4.18 Å². The molecule has 1 heterocycles. The van der Waals surface area contributed by atoms with E-state index < -0.39 is 0 Å². The lowest BCUT2D eigenvalue weighted by atomic mass is 10.0. The minimum absolute atomic E-state index is 0.245. The zero-order valence-corrected chi connectivity index (χ0v) is 13.8. The Morgan fingerprint density at radius 3 is 2.35 bits per heavy atom. The molecule has 0 radical (unpaired) electrons. The van der Waals surface area contributed by atoms with Gasteiger partial charge in [0.15, 0.2) is 0 Å². The van der Waals surface area contributed by atoms with Crippen molar-refractivity contribution in [1.29, 1.82) is 0 Å². The van der Waals surface area contributed by atoms with Crippen LogP contribution in [-0.4, -0.2) is 17.3 Å². The van der Waals surface area contributed by atoms with Crippen LogP contribution >= 0.6 is 23.6 Å². The number of hydrogen-bond acceptors (Lipinski definition) is 4. The maximum Gasteiger partial charge on any atom is 0.264 e. The van der Waals surface area contributed by atoms with E-state index in [0.717, 1.165) is 21.6 Å². The fourth-order valence-corrected chi connectivity index (χ4v) is 2.80. The van der Waals surface area contributed by atoms with E-state index in [0.29, 0.717) is 10.7 Å². The molecule has 4 nitrogen and oxygen atoms in total. The molecule has 116 valence electrons. The molecule has 1 N–H and O–H groups in total. The lowest BCUT2D eigenvalue weighted by Crippen LogP contribution is -2.08. The highest BCUT2D eigenvalue weighted by Gasteiger charge is 2.10. The number of H-pyrrole nitrogens is 1. The second kappa shape index (κ2) is 7.00. The summed E-state index contributed by atoms with van der Waals surface area (Å²) in [6.45, 7) is 0. The Hall–Kier alpha value is -2.08. The summed E-state index contributed by atoms with van der Waals surface area (Å²) in [6.07, 6.45) is 0. The summed E-state index contributed by atoms with van der Waals surface area (Å²) >= 11 is 7.23.